The molecule has 0 radical (unpaired) electrons. The number of halogens is 2. The average Bonchev–Trinajstić information content (AvgIpc) is 2.88. The smallest absolute Gasteiger partial charge is 0.166 e. The van der Waals surface area contributed by atoms with Gasteiger partial charge in [0.1, 0.15) is 0 Å². The molecule has 2 aromatic carbocycles. The number of hydrogen-bond acceptors (Lipinski definition) is 0. The summed E-state index contributed by atoms with van der Waals surface area (Å²) in [7, 11) is 0. The first kappa shape index (κ1) is 25.6. The Labute approximate surface area is 206 Å². The van der Waals surface area contributed by atoms with E-state index in [0.717, 1.165) is 42.4 Å². The number of unbranched alkanes of at least 4 members (excludes halogenated alkanes) is 4. The molecule has 2 aliphatic carbocycles. The molecule has 0 bridgehead atoms. The van der Waals surface area contributed by atoms with Gasteiger partial charge in [-0.2, -0.15) is 0 Å². The van der Waals surface area contributed by atoms with Crippen LogP contribution in [0.4, 0.5) is 8.78 Å². The number of hydrogen-bond donors (Lipinski definition) is 0. The first-order valence-electron chi connectivity index (χ1n) is 14.5. The van der Waals surface area contributed by atoms with Crippen LogP contribution in [0.15, 0.2) is 24.3 Å². The quantitative estimate of drug-likeness (QED) is 0.304. The predicted molar refractivity (Wildman–Crippen MR) is 141 cm³/mol. The first-order chi connectivity index (χ1) is 16.6. The third-order valence-corrected chi connectivity index (χ3v) is 9.19. The second-order valence-electron chi connectivity index (χ2n) is 11.5. The fourth-order valence-electron chi connectivity index (χ4n) is 6.96. The van der Waals surface area contributed by atoms with Gasteiger partial charge in [-0.1, -0.05) is 77.3 Å². The minimum atomic E-state index is -0.643. The normalized spacial score (nSPS) is 25.6. The molecule has 0 aromatic heterocycles. The summed E-state index contributed by atoms with van der Waals surface area (Å²) in [5.74, 6) is 2.02. The van der Waals surface area contributed by atoms with E-state index in [1.54, 1.807) is 0 Å². The van der Waals surface area contributed by atoms with Crippen LogP contribution in [0.2, 0.25) is 0 Å². The summed E-state index contributed by atoms with van der Waals surface area (Å²) < 4.78 is 29.7. The van der Waals surface area contributed by atoms with Gasteiger partial charge in [-0.05, 0) is 104 Å². The Bertz CT molecular complexity index is 901. The molecular weight excluding hydrogens is 422 g/mol. The Morgan fingerprint density at radius 1 is 0.706 bits per heavy atom. The predicted octanol–water partition coefficient (Wildman–Crippen LogP) is 10.5. The Morgan fingerprint density at radius 2 is 1.35 bits per heavy atom. The number of rotatable bonds is 10. The Morgan fingerprint density at radius 3 is 2.03 bits per heavy atom. The lowest BCUT2D eigenvalue weighted by molar-refractivity contribution is 0.155. The highest BCUT2D eigenvalue weighted by molar-refractivity contribution is 5.85. The molecule has 2 aromatic rings. The summed E-state index contributed by atoms with van der Waals surface area (Å²) in [6.07, 6.45) is 20.1. The minimum absolute atomic E-state index is 0.470. The molecule has 0 heterocycles. The second kappa shape index (κ2) is 12.5. The van der Waals surface area contributed by atoms with Gasteiger partial charge in [0.15, 0.2) is 11.6 Å². The molecule has 0 aliphatic heterocycles. The summed E-state index contributed by atoms with van der Waals surface area (Å²) in [4.78, 5) is 0. The van der Waals surface area contributed by atoms with Gasteiger partial charge in [0, 0.05) is 5.39 Å². The molecule has 0 atom stereocenters. The van der Waals surface area contributed by atoms with Crippen LogP contribution >= 0.6 is 0 Å². The van der Waals surface area contributed by atoms with Crippen LogP contribution in [0.1, 0.15) is 127 Å². The molecule has 0 spiro atoms. The summed E-state index contributed by atoms with van der Waals surface area (Å²) in [5, 5.41) is 1.32. The van der Waals surface area contributed by atoms with E-state index in [4.69, 9.17) is 0 Å². The van der Waals surface area contributed by atoms with Crippen molar-refractivity contribution in [3.63, 3.8) is 0 Å². The van der Waals surface area contributed by atoms with E-state index < -0.39 is 11.6 Å². The zero-order valence-corrected chi connectivity index (χ0v) is 21.7. The van der Waals surface area contributed by atoms with Crippen molar-refractivity contribution < 1.29 is 8.78 Å². The summed E-state index contributed by atoms with van der Waals surface area (Å²) in [5.41, 5.74) is 1.74. The maximum absolute atomic E-state index is 15.0. The second-order valence-corrected chi connectivity index (χ2v) is 11.5. The van der Waals surface area contributed by atoms with E-state index >= 15 is 0 Å². The molecule has 0 nitrogen and oxygen atoms in total. The van der Waals surface area contributed by atoms with Crippen molar-refractivity contribution in [1.29, 1.82) is 0 Å². The lowest BCUT2D eigenvalue weighted by Gasteiger charge is -2.38. The minimum Gasteiger partial charge on any atom is -0.203 e. The van der Waals surface area contributed by atoms with E-state index in [1.807, 2.05) is 18.2 Å². The number of benzene rings is 2. The Kier molecular flexibility index (Phi) is 9.43. The van der Waals surface area contributed by atoms with Gasteiger partial charge < -0.3 is 0 Å². The SMILES string of the molecule is CCCCCc1cc2ccc(C3CCC(C4CCC(CCCCC)CC4)CC3)cc2c(F)c1F. The zero-order valence-electron chi connectivity index (χ0n) is 21.7. The van der Waals surface area contributed by atoms with Crippen LogP contribution in [-0.2, 0) is 6.42 Å². The van der Waals surface area contributed by atoms with Crippen molar-refractivity contribution in [2.45, 2.75) is 122 Å². The summed E-state index contributed by atoms with van der Waals surface area (Å²) in [6, 6.07) is 8.04. The lowest BCUT2D eigenvalue weighted by Crippen LogP contribution is -2.25. The maximum Gasteiger partial charge on any atom is 0.166 e. The summed E-state index contributed by atoms with van der Waals surface area (Å²) >= 11 is 0. The van der Waals surface area contributed by atoms with Gasteiger partial charge in [0.2, 0.25) is 0 Å². The molecule has 0 unspecified atom stereocenters. The Hall–Kier alpha value is -1.44. The van der Waals surface area contributed by atoms with Gasteiger partial charge in [-0.25, -0.2) is 8.78 Å². The van der Waals surface area contributed by atoms with Crippen molar-refractivity contribution in [3.8, 4) is 0 Å². The van der Waals surface area contributed by atoms with Gasteiger partial charge in [-0.15, -0.1) is 0 Å². The highest BCUT2D eigenvalue weighted by Crippen LogP contribution is 2.45. The molecule has 4 rings (SSSR count). The molecule has 2 heteroatoms. The standard InChI is InChI=1S/C32H46F2/c1-3-5-7-9-23-11-13-24(14-12-23)25-15-17-26(18-16-25)27-19-20-28-21-29(10-8-6-4-2)31(33)32(34)30(28)22-27/h19-26H,3-18H2,1-2H3. The molecule has 188 valence electrons. The third-order valence-electron chi connectivity index (χ3n) is 9.19. The van der Waals surface area contributed by atoms with Crippen LogP contribution in [0.3, 0.4) is 0 Å². The molecule has 0 amide bonds. The van der Waals surface area contributed by atoms with Crippen LogP contribution in [0.25, 0.3) is 10.8 Å². The van der Waals surface area contributed by atoms with Gasteiger partial charge in [0.05, 0.1) is 0 Å². The fraction of sp³-hybridized carbons (Fsp3) is 0.688. The maximum atomic E-state index is 15.0. The van der Waals surface area contributed by atoms with Crippen molar-refractivity contribution >= 4 is 10.8 Å². The van der Waals surface area contributed by atoms with Gasteiger partial charge >= 0.3 is 0 Å². The molecule has 2 aliphatic rings. The van der Waals surface area contributed by atoms with E-state index in [1.165, 1.54) is 82.6 Å². The average molecular weight is 469 g/mol. The highest BCUT2D eigenvalue weighted by Gasteiger charge is 2.31. The molecule has 2 saturated carbocycles. The molecule has 2 fully saturated rings. The number of fused-ring (bicyclic) bond motifs is 1. The molecule has 0 saturated heterocycles. The largest absolute Gasteiger partial charge is 0.203 e. The van der Waals surface area contributed by atoms with E-state index in [-0.39, 0.29) is 0 Å². The van der Waals surface area contributed by atoms with E-state index in [0.29, 0.717) is 23.3 Å². The molecular formula is C32H46F2. The highest BCUT2D eigenvalue weighted by atomic mass is 19.2. The number of aryl methyl sites for hydroxylation is 1. The van der Waals surface area contributed by atoms with Crippen molar-refractivity contribution in [2.24, 2.45) is 17.8 Å². The zero-order chi connectivity index (χ0) is 23.9. The van der Waals surface area contributed by atoms with Crippen molar-refractivity contribution in [1.82, 2.24) is 0 Å². The molecule has 34 heavy (non-hydrogen) atoms. The van der Waals surface area contributed by atoms with Crippen LogP contribution in [0, 0.1) is 29.4 Å². The fourth-order valence-corrected chi connectivity index (χ4v) is 6.96. The van der Waals surface area contributed by atoms with Gasteiger partial charge in [0.25, 0.3) is 0 Å². The topological polar surface area (TPSA) is 0 Å². The van der Waals surface area contributed by atoms with Crippen LogP contribution in [-0.4, -0.2) is 0 Å². The lowest BCUT2D eigenvalue weighted by atomic mass is 9.68. The monoisotopic (exact) mass is 468 g/mol. The van der Waals surface area contributed by atoms with Crippen molar-refractivity contribution in [2.75, 3.05) is 0 Å². The van der Waals surface area contributed by atoms with Crippen LogP contribution < -0.4 is 0 Å². The van der Waals surface area contributed by atoms with Gasteiger partial charge in [-0.3, -0.25) is 0 Å². The Balaban J connectivity index is 1.33. The third kappa shape index (κ3) is 6.21. The first-order valence-corrected chi connectivity index (χ1v) is 14.5. The van der Waals surface area contributed by atoms with E-state index in [2.05, 4.69) is 19.9 Å². The van der Waals surface area contributed by atoms with Crippen molar-refractivity contribution in [3.05, 3.63) is 47.0 Å². The van der Waals surface area contributed by atoms with E-state index in [9.17, 15) is 8.78 Å². The molecule has 0 N–H and O–H groups in total. The summed E-state index contributed by atoms with van der Waals surface area (Å²) in [6.45, 7) is 4.43. The van der Waals surface area contributed by atoms with Crippen LogP contribution in [0.5, 0.6) is 0 Å².